The van der Waals surface area contributed by atoms with E-state index in [9.17, 15) is 8.42 Å². The monoisotopic (exact) mass is 382 g/mol. The number of nitrogens with one attached hydrogen (secondary N) is 2. The molecule has 0 unspecified atom stereocenters. The number of fused-ring (bicyclic) bond motifs is 4. The highest BCUT2D eigenvalue weighted by atomic mass is 32.2. The van der Waals surface area contributed by atoms with Crippen molar-refractivity contribution in [3.05, 3.63) is 60.0 Å². The highest BCUT2D eigenvalue weighted by molar-refractivity contribution is 7.89. The Bertz CT molecular complexity index is 1080. The molecule has 0 saturated carbocycles. The van der Waals surface area contributed by atoms with E-state index in [1.807, 2.05) is 6.07 Å². The van der Waals surface area contributed by atoms with Gasteiger partial charge in [0.05, 0.1) is 5.54 Å². The number of hydrogen-bond acceptors (Lipinski definition) is 4. The number of piperidine rings is 1. The van der Waals surface area contributed by atoms with Crippen LogP contribution in [-0.2, 0) is 22.0 Å². The van der Waals surface area contributed by atoms with Crippen LogP contribution in [0.3, 0.4) is 0 Å². The minimum atomic E-state index is -3.49. The summed E-state index contributed by atoms with van der Waals surface area (Å²) in [6.45, 7) is 1.92. The van der Waals surface area contributed by atoms with E-state index in [1.165, 1.54) is 22.8 Å². The summed E-state index contributed by atoms with van der Waals surface area (Å²) < 4.78 is 27.4. The molecule has 2 N–H and O–H groups in total. The average molecular weight is 382 g/mol. The van der Waals surface area contributed by atoms with Gasteiger partial charge in [-0.2, -0.15) is 4.31 Å². The van der Waals surface area contributed by atoms with Gasteiger partial charge in [-0.05, 0) is 43.0 Å². The number of pyridine rings is 1. The molecular formula is C20H22N4O2S. The fraction of sp³-hybridized carbons (Fsp3) is 0.350. The third-order valence-electron chi connectivity index (χ3n) is 5.98. The highest BCUT2D eigenvalue weighted by Crippen LogP contribution is 2.40. The summed E-state index contributed by atoms with van der Waals surface area (Å²) in [6, 6.07) is 11.7. The predicted molar refractivity (Wildman–Crippen MR) is 104 cm³/mol. The highest BCUT2D eigenvalue weighted by Gasteiger charge is 2.43. The van der Waals surface area contributed by atoms with Gasteiger partial charge in [-0.25, -0.2) is 8.42 Å². The molecule has 6 nitrogen and oxygen atoms in total. The van der Waals surface area contributed by atoms with Crippen LogP contribution in [0.15, 0.2) is 53.7 Å². The lowest BCUT2D eigenvalue weighted by molar-refractivity contribution is 0.180. The first-order chi connectivity index (χ1) is 13.1. The largest absolute Gasteiger partial charge is 0.357 e. The molecule has 1 saturated heterocycles. The molecule has 5 rings (SSSR count). The van der Waals surface area contributed by atoms with Gasteiger partial charge >= 0.3 is 0 Å². The van der Waals surface area contributed by atoms with Gasteiger partial charge in [0.1, 0.15) is 4.90 Å². The summed E-state index contributed by atoms with van der Waals surface area (Å²) in [5, 5.41) is 4.99. The molecule has 0 bridgehead atoms. The van der Waals surface area contributed by atoms with Gasteiger partial charge in [0, 0.05) is 48.6 Å². The molecular weight excluding hydrogens is 360 g/mol. The van der Waals surface area contributed by atoms with Crippen molar-refractivity contribution < 1.29 is 8.42 Å². The lowest BCUT2D eigenvalue weighted by atomic mass is 9.80. The van der Waals surface area contributed by atoms with Crippen LogP contribution in [0.2, 0.25) is 0 Å². The first-order valence-corrected chi connectivity index (χ1v) is 10.8. The Morgan fingerprint density at radius 3 is 2.67 bits per heavy atom. The van der Waals surface area contributed by atoms with Crippen molar-refractivity contribution in [3.8, 4) is 0 Å². The van der Waals surface area contributed by atoms with E-state index in [-0.39, 0.29) is 10.4 Å². The number of hydrogen-bond donors (Lipinski definition) is 2. The van der Waals surface area contributed by atoms with Crippen LogP contribution in [0, 0.1) is 0 Å². The molecule has 1 fully saturated rings. The third kappa shape index (κ3) is 2.61. The van der Waals surface area contributed by atoms with Crippen molar-refractivity contribution in [2.45, 2.75) is 29.7 Å². The molecule has 1 spiro atoms. The molecule has 0 amide bonds. The summed E-state index contributed by atoms with van der Waals surface area (Å²) in [5.74, 6) is 0. The fourth-order valence-corrected chi connectivity index (χ4v) is 5.97. The predicted octanol–water partition coefficient (Wildman–Crippen LogP) is 2.39. The number of benzene rings is 1. The number of aromatic nitrogens is 2. The molecule has 4 heterocycles. The molecule has 2 aromatic heterocycles. The number of aromatic amines is 1. The Balaban J connectivity index is 1.46. The molecule has 0 radical (unpaired) electrons. The van der Waals surface area contributed by atoms with E-state index in [2.05, 4.69) is 33.5 Å². The molecule has 27 heavy (non-hydrogen) atoms. The SMILES string of the molecule is O=S(=O)(c1cccnc1)N1CCC2(CC1)NCCc1c2[nH]c2ccccc12. The van der Waals surface area contributed by atoms with Gasteiger partial charge in [0.25, 0.3) is 0 Å². The van der Waals surface area contributed by atoms with Crippen molar-refractivity contribution >= 4 is 20.9 Å². The van der Waals surface area contributed by atoms with Gasteiger partial charge in [-0.3, -0.25) is 4.98 Å². The van der Waals surface area contributed by atoms with Gasteiger partial charge in [-0.15, -0.1) is 0 Å². The fourth-order valence-electron chi connectivity index (χ4n) is 4.57. The Morgan fingerprint density at radius 2 is 1.89 bits per heavy atom. The smallest absolute Gasteiger partial charge is 0.244 e. The number of rotatable bonds is 2. The number of H-pyrrole nitrogens is 1. The van der Waals surface area contributed by atoms with Gasteiger partial charge in [-0.1, -0.05) is 18.2 Å². The summed E-state index contributed by atoms with van der Waals surface area (Å²) in [6.07, 6.45) is 5.53. The zero-order valence-electron chi connectivity index (χ0n) is 15.0. The van der Waals surface area contributed by atoms with E-state index >= 15 is 0 Å². The van der Waals surface area contributed by atoms with Crippen molar-refractivity contribution in [2.75, 3.05) is 19.6 Å². The van der Waals surface area contributed by atoms with Gasteiger partial charge in [0.15, 0.2) is 0 Å². The maximum absolute atomic E-state index is 12.9. The van der Waals surface area contributed by atoms with Crippen LogP contribution in [0.25, 0.3) is 10.9 Å². The van der Waals surface area contributed by atoms with E-state index in [1.54, 1.807) is 22.6 Å². The molecule has 140 valence electrons. The lowest BCUT2D eigenvalue weighted by Crippen LogP contribution is -2.55. The Kier molecular flexibility index (Phi) is 3.86. The molecule has 3 aromatic rings. The molecule has 2 aliphatic rings. The Morgan fingerprint density at radius 1 is 1.07 bits per heavy atom. The zero-order valence-corrected chi connectivity index (χ0v) is 15.8. The number of nitrogens with zero attached hydrogens (tertiary/aromatic N) is 2. The standard InChI is InChI=1S/C20H22N4O2S/c25-27(26,15-4-3-10-21-14-15)24-12-8-20(9-13-24)19-17(7-11-22-20)16-5-1-2-6-18(16)23-19/h1-6,10,14,22-23H,7-9,11-13H2. The number of para-hydroxylation sites is 1. The second kappa shape index (κ2) is 6.15. The van der Waals surface area contributed by atoms with Crippen molar-refractivity contribution in [3.63, 3.8) is 0 Å². The van der Waals surface area contributed by atoms with Crippen molar-refractivity contribution in [1.82, 2.24) is 19.6 Å². The normalized spacial score (nSPS) is 20.0. The van der Waals surface area contributed by atoms with Gasteiger partial charge in [0.2, 0.25) is 10.0 Å². The molecule has 2 aliphatic heterocycles. The summed E-state index contributed by atoms with van der Waals surface area (Å²) >= 11 is 0. The zero-order chi connectivity index (χ0) is 18.5. The average Bonchev–Trinajstić information content (AvgIpc) is 3.10. The second-order valence-corrected chi connectivity index (χ2v) is 9.31. The van der Waals surface area contributed by atoms with Crippen molar-refractivity contribution in [2.24, 2.45) is 0 Å². The van der Waals surface area contributed by atoms with Crippen LogP contribution in [-0.4, -0.2) is 42.3 Å². The molecule has 0 atom stereocenters. The minimum Gasteiger partial charge on any atom is -0.357 e. The van der Waals surface area contributed by atoms with E-state index in [4.69, 9.17) is 0 Å². The van der Waals surface area contributed by atoms with Gasteiger partial charge < -0.3 is 10.3 Å². The van der Waals surface area contributed by atoms with E-state index in [0.717, 1.165) is 31.3 Å². The summed E-state index contributed by atoms with van der Waals surface area (Å²) in [5.41, 5.74) is 3.62. The minimum absolute atomic E-state index is 0.173. The number of sulfonamides is 1. The second-order valence-electron chi connectivity index (χ2n) is 7.38. The van der Waals surface area contributed by atoms with E-state index < -0.39 is 10.0 Å². The lowest BCUT2D eigenvalue weighted by Gasteiger charge is -2.44. The first-order valence-electron chi connectivity index (χ1n) is 9.35. The molecule has 0 aliphatic carbocycles. The molecule has 1 aromatic carbocycles. The summed E-state index contributed by atoms with van der Waals surface area (Å²) in [4.78, 5) is 7.85. The van der Waals surface area contributed by atoms with Crippen LogP contribution in [0.4, 0.5) is 0 Å². The Labute approximate surface area is 158 Å². The maximum Gasteiger partial charge on any atom is 0.244 e. The van der Waals surface area contributed by atoms with Crippen molar-refractivity contribution in [1.29, 1.82) is 0 Å². The summed E-state index contributed by atoms with van der Waals surface area (Å²) in [7, 11) is -3.49. The van der Waals surface area contributed by atoms with Crippen LogP contribution in [0.5, 0.6) is 0 Å². The Hall–Kier alpha value is -2.22. The van der Waals surface area contributed by atoms with E-state index in [0.29, 0.717) is 13.1 Å². The maximum atomic E-state index is 12.9. The van der Waals surface area contributed by atoms with Crippen LogP contribution >= 0.6 is 0 Å². The van der Waals surface area contributed by atoms with Crippen LogP contribution < -0.4 is 5.32 Å². The quantitative estimate of drug-likeness (QED) is 0.713. The first kappa shape index (κ1) is 16.9. The third-order valence-corrected chi connectivity index (χ3v) is 7.86. The van der Waals surface area contributed by atoms with Crippen LogP contribution in [0.1, 0.15) is 24.1 Å². The topological polar surface area (TPSA) is 78.1 Å². The molecule has 7 heteroatoms.